The number of pyridine rings is 1. The number of amides is 1. The average molecular weight is 386 g/mol. The minimum Gasteiger partial charge on any atom is -0.287 e. The van der Waals surface area contributed by atoms with Crippen LogP contribution in [-0.2, 0) is 4.79 Å². The third-order valence-corrected chi connectivity index (χ3v) is 5.89. The van der Waals surface area contributed by atoms with Gasteiger partial charge < -0.3 is 0 Å². The molecule has 0 radical (unpaired) electrons. The van der Waals surface area contributed by atoms with Crippen LogP contribution in [0.15, 0.2) is 46.4 Å². The first kappa shape index (κ1) is 18.7. The van der Waals surface area contributed by atoms with Crippen molar-refractivity contribution in [2.75, 3.05) is 6.54 Å². The van der Waals surface area contributed by atoms with Gasteiger partial charge in [0, 0.05) is 12.7 Å². The van der Waals surface area contributed by atoms with Crippen molar-refractivity contribution in [2.24, 2.45) is 4.99 Å². The molecule has 0 N–H and O–H groups in total. The minimum absolute atomic E-state index is 0.0213. The van der Waals surface area contributed by atoms with Crippen LogP contribution in [0.5, 0.6) is 0 Å². The van der Waals surface area contributed by atoms with Gasteiger partial charge in [-0.3, -0.25) is 9.69 Å². The maximum atomic E-state index is 12.9. The number of aliphatic imine (C=N–C) groups is 1. The van der Waals surface area contributed by atoms with Gasteiger partial charge >= 0.3 is 0 Å². The van der Waals surface area contributed by atoms with Crippen molar-refractivity contribution in [1.29, 1.82) is 0 Å². The summed E-state index contributed by atoms with van der Waals surface area (Å²) in [6, 6.07) is 9.83. The highest BCUT2D eigenvalue weighted by Crippen LogP contribution is 2.38. The number of nitrogens with zero attached hydrogens (tertiary/aromatic N) is 3. The van der Waals surface area contributed by atoms with Gasteiger partial charge in [-0.1, -0.05) is 29.8 Å². The predicted molar refractivity (Wildman–Crippen MR) is 110 cm³/mol. The van der Waals surface area contributed by atoms with Crippen LogP contribution in [-0.4, -0.2) is 27.5 Å². The molecule has 0 bridgehead atoms. The van der Waals surface area contributed by atoms with Crippen LogP contribution in [0.25, 0.3) is 5.57 Å². The van der Waals surface area contributed by atoms with Crippen molar-refractivity contribution in [3.05, 3.63) is 63.3 Å². The fraction of sp³-hybridized carbons (Fsp3) is 0.250. The molecule has 0 aliphatic carbocycles. The Kier molecular flexibility index (Phi) is 5.49. The number of allylic oxidation sites excluding steroid dienone is 1. The summed E-state index contributed by atoms with van der Waals surface area (Å²) < 4.78 is 0. The molecule has 1 saturated heterocycles. The first-order chi connectivity index (χ1) is 12.4. The summed E-state index contributed by atoms with van der Waals surface area (Å²) in [5.41, 5.74) is 5.03. The van der Waals surface area contributed by atoms with Gasteiger partial charge in [0.1, 0.15) is 5.69 Å². The number of amidine groups is 1. The molecule has 2 heterocycles. The van der Waals surface area contributed by atoms with Crippen molar-refractivity contribution in [2.45, 2.75) is 27.7 Å². The molecule has 3 rings (SSSR count). The Morgan fingerprint density at radius 3 is 2.69 bits per heavy atom. The zero-order valence-corrected chi connectivity index (χ0v) is 16.8. The van der Waals surface area contributed by atoms with Crippen LogP contribution >= 0.6 is 23.4 Å². The maximum absolute atomic E-state index is 12.9. The van der Waals surface area contributed by atoms with Crippen molar-refractivity contribution in [3.63, 3.8) is 0 Å². The van der Waals surface area contributed by atoms with Crippen LogP contribution in [0, 0.1) is 13.8 Å². The van der Waals surface area contributed by atoms with Gasteiger partial charge in [0.05, 0.1) is 4.91 Å². The first-order valence-electron chi connectivity index (χ1n) is 8.39. The van der Waals surface area contributed by atoms with Gasteiger partial charge in [0.25, 0.3) is 5.91 Å². The van der Waals surface area contributed by atoms with E-state index >= 15 is 0 Å². The maximum Gasteiger partial charge on any atom is 0.267 e. The average Bonchev–Trinajstić information content (AvgIpc) is 2.94. The molecule has 1 amide bonds. The summed E-state index contributed by atoms with van der Waals surface area (Å²) in [7, 11) is 0. The van der Waals surface area contributed by atoms with Crippen LogP contribution in [0.4, 0.5) is 5.69 Å². The van der Waals surface area contributed by atoms with Gasteiger partial charge in [0.15, 0.2) is 10.3 Å². The lowest BCUT2D eigenvalue weighted by molar-refractivity contribution is -0.122. The highest BCUT2D eigenvalue weighted by molar-refractivity contribution is 8.18. The van der Waals surface area contributed by atoms with E-state index < -0.39 is 0 Å². The molecule has 6 heteroatoms. The number of benzene rings is 1. The standard InChI is InChI=1S/C20H20ClN3OS/c1-5-24-19(25)17(14(4)15-9-8-12(2)13(3)11-15)26-20(24)23-16-7-6-10-22-18(16)21/h6-11H,5H2,1-4H3/b17-14-,23-20?. The first-order valence-corrected chi connectivity index (χ1v) is 9.59. The molecule has 0 spiro atoms. The molecule has 0 atom stereocenters. The highest BCUT2D eigenvalue weighted by atomic mass is 35.5. The van der Waals surface area contributed by atoms with Crippen molar-refractivity contribution >= 4 is 45.7 Å². The summed E-state index contributed by atoms with van der Waals surface area (Å²) in [5, 5.41) is 0.956. The number of aryl methyl sites for hydroxylation is 2. The van der Waals surface area contributed by atoms with Crippen LogP contribution in [0.1, 0.15) is 30.5 Å². The Balaban J connectivity index is 2.03. The van der Waals surface area contributed by atoms with Gasteiger partial charge in [-0.05, 0) is 73.9 Å². The molecule has 1 aliphatic heterocycles. The number of carbonyl (C=O) groups excluding carboxylic acids is 1. The van der Waals surface area contributed by atoms with Crippen LogP contribution < -0.4 is 0 Å². The van der Waals surface area contributed by atoms with E-state index in [1.807, 2.05) is 13.8 Å². The van der Waals surface area contributed by atoms with E-state index in [-0.39, 0.29) is 5.91 Å². The third kappa shape index (κ3) is 3.55. The fourth-order valence-electron chi connectivity index (χ4n) is 2.67. The zero-order chi connectivity index (χ0) is 18.8. The van der Waals surface area contributed by atoms with Gasteiger partial charge in [0.2, 0.25) is 0 Å². The van der Waals surface area contributed by atoms with E-state index in [9.17, 15) is 4.79 Å². The van der Waals surface area contributed by atoms with E-state index in [2.05, 4.69) is 42.0 Å². The molecule has 1 aromatic heterocycles. The number of hydrogen-bond acceptors (Lipinski definition) is 4. The lowest BCUT2D eigenvalue weighted by atomic mass is 10.0. The Morgan fingerprint density at radius 2 is 2.04 bits per heavy atom. The second-order valence-electron chi connectivity index (χ2n) is 6.11. The largest absolute Gasteiger partial charge is 0.287 e. The third-order valence-electron chi connectivity index (χ3n) is 4.42. The van der Waals surface area contributed by atoms with E-state index in [1.54, 1.807) is 23.2 Å². The Bertz CT molecular complexity index is 936. The Hall–Kier alpha value is -2.11. The number of carbonyl (C=O) groups is 1. The summed E-state index contributed by atoms with van der Waals surface area (Å²) >= 11 is 7.50. The summed E-state index contributed by atoms with van der Waals surface area (Å²) in [6.07, 6.45) is 1.62. The van der Waals surface area contributed by atoms with Crippen molar-refractivity contribution in [3.8, 4) is 0 Å². The molecule has 1 aliphatic rings. The second kappa shape index (κ2) is 7.64. The normalized spacial score (nSPS) is 18.0. The number of likely N-dealkylation sites (N-methyl/N-ethyl adjacent to an activating group) is 1. The van der Waals surface area contributed by atoms with Gasteiger partial charge in [-0.2, -0.15) is 0 Å². The van der Waals surface area contributed by atoms with Crippen LogP contribution in [0.2, 0.25) is 5.15 Å². The lowest BCUT2D eigenvalue weighted by Gasteiger charge is -2.12. The zero-order valence-electron chi connectivity index (χ0n) is 15.2. The molecule has 26 heavy (non-hydrogen) atoms. The topological polar surface area (TPSA) is 45.6 Å². The van der Waals surface area contributed by atoms with E-state index in [1.165, 1.54) is 22.9 Å². The SMILES string of the molecule is CCN1C(=O)/C(=C(\C)c2ccc(C)c(C)c2)SC1=Nc1cccnc1Cl. The number of halogens is 1. The van der Waals surface area contributed by atoms with Crippen molar-refractivity contribution in [1.82, 2.24) is 9.88 Å². The predicted octanol–water partition coefficient (Wildman–Crippen LogP) is 5.37. The second-order valence-corrected chi connectivity index (χ2v) is 7.45. The molecule has 1 aromatic carbocycles. The number of rotatable bonds is 3. The minimum atomic E-state index is -0.0213. The summed E-state index contributed by atoms with van der Waals surface area (Å²) in [4.78, 5) is 23.9. The Labute approximate surface area is 163 Å². The van der Waals surface area contributed by atoms with Gasteiger partial charge in [-0.25, -0.2) is 9.98 Å². The molecular weight excluding hydrogens is 366 g/mol. The summed E-state index contributed by atoms with van der Waals surface area (Å²) in [6.45, 7) is 8.63. The lowest BCUT2D eigenvalue weighted by Crippen LogP contribution is -2.28. The van der Waals surface area contributed by atoms with Gasteiger partial charge in [-0.15, -0.1) is 0 Å². The van der Waals surface area contributed by atoms with E-state index in [4.69, 9.17) is 11.6 Å². The number of hydrogen-bond donors (Lipinski definition) is 0. The molecule has 1 fully saturated rings. The molecule has 134 valence electrons. The molecule has 0 saturated carbocycles. The van der Waals surface area contributed by atoms with E-state index in [0.717, 1.165) is 11.1 Å². The fourth-order valence-corrected chi connectivity index (χ4v) is 3.95. The molecule has 0 unspecified atom stereocenters. The number of aromatic nitrogens is 1. The molecule has 4 nitrogen and oxygen atoms in total. The smallest absolute Gasteiger partial charge is 0.267 e. The van der Waals surface area contributed by atoms with Crippen molar-refractivity contribution < 1.29 is 4.79 Å². The van der Waals surface area contributed by atoms with E-state index in [0.29, 0.717) is 27.5 Å². The van der Waals surface area contributed by atoms with Crippen LogP contribution in [0.3, 0.4) is 0 Å². The Morgan fingerprint density at radius 1 is 1.27 bits per heavy atom. The molecular formula is C20H20ClN3OS. The highest BCUT2D eigenvalue weighted by Gasteiger charge is 2.34. The molecule has 2 aromatic rings. The monoisotopic (exact) mass is 385 g/mol. The summed E-state index contributed by atoms with van der Waals surface area (Å²) in [5.74, 6) is -0.0213. The number of thioether (sulfide) groups is 1. The quantitative estimate of drug-likeness (QED) is 0.527.